The molecule has 1 aromatic carbocycles. The molecule has 2 aromatic rings. The fourth-order valence-corrected chi connectivity index (χ4v) is 2.13. The van der Waals surface area contributed by atoms with Crippen molar-refractivity contribution < 1.29 is 0 Å². The number of para-hydroxylation sites is 1. The van der Waals surface area contributed by atoms with Gasteiger partial charge < -0.3 is 10.2 Å². The number of rotatable bonds is 7. The van der Waals surface area contributed by atoms with E-state index in [0.717, 1.165) is 37.1 Å². The van der Waals surface area contributed by atoms with Gasteiger partial charge in [0.15, 0.2) is 0 Å². The minimum absolute atomic E-state index is 0.714. The molecule has 0 fully saturated rings. The van der Waals surface area contributed by atoms with Crippen molar-refractivity contribution in [2.24, 2.45) is 0 Å². The van der Waals surface area contributed by atoms with E-state index in [1.165, 1.54) is 6.42 Å². The van der Waals surface area contributed by atoms with E-state index in [1.807, 2.05) is 30.5 Å². The highest BCUT2D eigenvalue weighted by molar-refractivity contribution is 5.78. The van der Waals surface area contributed by atoms with Crippen LogP contribution < -0.4 is 5.32 Å². The van der Waals surface area contributed by atoms with Crippen molar-refractivity contribution in [2.45, 2.75) is 20.3 Å². The molecule has 1 N–H and O–H groups in total. The Balaban J connectivity index is 1.90. The van der Waals surface area contributed by atoms with Crippen LogP contribution in [-0.4, -0.2) is 41.0 Å². The number of fused-ring (bicyclic) bond motifs is 1. The van der Waals surface area contributed by atoms with E-state index in [4.69, 9.17) is 0 Å². The summed E-state index contributed by atoms with van der Waals surface area (Å²) >= 11 is 0. The van der Waals surface area contributed by atoms with Crippen LogP contribution in [0.1, 0.15) is 20.3 Å². The van der Waals surface area contributed by atoms with Crippen LogP contribution in [0.5, 0.6) is 0 Å². The molecular formula is C15H22N4. The third-order valence-electron chi connectivity index (χ3n) is 3.19. The Labute approximate surface area is 114 Å². The van der Waals surface area contributed by atoms with Gasteiger partial charge in [0.25, 0.3) is 0 Å². The molecule has 0 unspecified atom stereocenters. The van der Waals surface area contributed by atoms with Gasteiger partial charge in [-0.2, -0.15) is 0 Å². The third kappa shape index (κ3) is 3.89. The average Bonchev–Trinajstić information content (AvgIpc) is 2.46. The first-order chi connectivity index (χ1) is 9.33. The topological polar surface area (TPSA) is 41.0 Å². The van der Waals surface area contributed by atoms with Crippen molar-refractivity contribution in [2.75, 3.05) is 31.5 Å². The van der Waals surface area contributed by atoms with Crippen LogP contribution in [0, 0.1) is 0 Å². The lowest BCUT2D eigenvalue weighted by Gasteiger charge is -2.19. The quantitative estimate of drug-likeness (QED) is 0.829. The summed E-state index contributed by atoms with van der Waals surface area (Å²) in [6.07, 6.45) is 3.06. The molecule has 0 spiro atoms. The Bertz CT molecular complexity index is 512. The average molecular weight is 258 g/mol. The second-order valence-corrected chi connectivity index (χ2v) is 4.61. The molecule has 0 bridgehead atoms. The Hall–Kier alpha value is -1.68. The maximum atomic E-state index is 4.50. The maximum absolute atomic E-state index is 4.50. The first kappa shape index (κ1) is 13.7. The molecule has 0 aliphatic rings. The number of hydrogen-bond donors (Lipinski definition) is 1. The number of anilines is 1. The number of benzene rings is 1. The number of aromatic nitrogens is 2. The first-order valence-corrected chi connectivity index (χ1v) is 7.01. The summed E-state index contributed by atoms with van der Waals surface area (Å²) in [5, 5.41) is 4.37. The van der Waals surface area contributed by atoms with Gasteiger partial charge in [-0.25, -0.2) is 9.97 Å². The number of likely N-dealkylation sites (N-methyl/N-ethyl adjacent to an activating group) is 1. The molecule has 4 nitrogen and oxygen atoms in total. The van der Waals surface area contributed by atoms with Crippen molar-refractivity contribution in [3.63, 3.8) is 0 Å². The maximum Gasteiger partial charge on any atom is 0.223 e. The Morgan fingerprint density at radius 3 is 2.79 bits per heavy atom. The second-order valence-electron chi connectivity index (χ2n) is 4.61. The van der Waals surface area contributed by atoms with Gasteiger partial charge in [-0.15, -0.1) is 0 Å². The highest BCUT2D eigenvalue weighted by Crippen LogP contribution is 2.11. The molecule has 0 aliphatic carbocycles. The van der Waals surface area contributed by atoms with Crippen LogP contribution in [0.25, 0.3) is 10.9 Å². The van der Waals surface area contributed by atoms with Gasteiger partial charge in [0.1, 0.15) is 0 Å². The summed E-state index contributed by atoms with van der Waals surface area (Å²) in [5.74, 6) is 0.714. The van der Waals surface area contributed by atoms with E-state index in [0.29, 0.717) is 5.95 Å². The van der Waals surface area contributed by atoms with Crippen molar-refractivity contribution >= 4 is 16.9 Å². The van der Waals surface area contributed by atoms with Gasteiger partial charge in [-0.3, -0.25) is 0 Å². The third-order valence-corrected chi connectivity index (χ3v) is 3.19. The zero-order chi connectivity index (χ0) is 13.5. The van der Waals surface area contributed by atoms with E-state index in [2.05, 4.69) is 34.0 Å². The van der Waals surface area contributed by atoms with Crippen LogP contribution in [0.3, 0.4) is 0 Å². The summed E-state index contributed by atoms with van der Waals surface area (Å²) in [7, 11) is 0. The number of hydrogen-bond acceptors (Lipinski definition) is 4. The van der Waals surface area contributed by atoms with Crippen LogP contribution >= 0.6 is 0 Å². The van der Waals surface area contributed by atoms with Gasteiger partial charge in [0.2, 0.25) is 5.95 Å². The SMILES string of the molecule is CCCN(CC)CCNc1ncc2ccccc2n1. The van der Waals surface area contributed by atoms with Gasteiger partial charge in [-0.1, -0.05) is 32.0 Å². The van der Waals surface area contributed by atoms with Crippen molar-refractivity contribution in [1.82, 2.24) is 14.9 Å². The minimum atomic E-state index is 0.714. The standard InChI is InChI=1S/C15H22N4/c1-3-10-19(4-2)11-9-16-15-17-12-13-7-5-6-8-14(13)18-15/h5-8,12H,3-4,9-11H2,1-2H3,(H,16,17,18). The van der Waals surface area contributed by atoms with Crippen LogP contribution in [0.2, 0.25) is 0 Å². The molecule has 0 atom stereocenters. The first-order valence-electron chi connectivity index (χ1n) is 7.01. The molecule has 0 amide bonds. The Kier molecular flexibility index (Phi) is 5.10. The fourth-order valence-electron chi connectivity index (χ4n) is 2.13. The molecule has 0 aliphatic heterocycles. The summed E-state index contributed by atoms with van der Waals surface area (Å²) in [5.41, 5.74) is 0.987. The molecule has 1 aromatic heterocycles. The molecule has 0 radical (unpaired) electrons. The van der Waals surface area contributed by atoms with Crippen LogP contribution in [-0.2, 0) is 0 Å². The summed E-state index contributed by atoms with van der Waals surface area (Å²) in [6.45, 7) is 8.56. The molecular weight excluding hydrogens is 236 g/mol. The normalized spacial score (nSPS) is 11.1. The van der Waals surface area contributed by atoms with Crippen molar-refractivity contribution in [3.05, 3.63) is 30.5 Å². The molecule has 0 saturated heterocycles. The van der Waals surface area contributed by atoms with Crippen molar-refractivity contribution in [1.29, 1.82) is 0 Å². The van der Waals surface area contributed by atoms with E-state index >= 15 is 0 Å². The monoisotopic (exact) mass is 258 g/mol. The van der Waals surface area contributed by atoms with E-state index in [1.54, 1.807) is 0 Å². The zero-order valence-electron chi connectivity index (χ0n) is 11.8. The fraction of sp³-hybridized carbons (Fsp3) is 0.467. The van der Waals surface area contributed by atoms with Crippen molar-refractivity contribution in [3.8, 4) is 0 Å². The highest BCUT2D eigenvalue weighted by Gasteiger charge is 2.02. The summed E-state index contributed by atoms with van der Waals surface area (Å²) < 4.78 is 0. The molecule has 19 heavy (non-hydrogen) atoms. The molecule has 2 rings (SSSR count). The summed E-state index contributed by atoms with van der Waals surface area (Å²) in [4.78, 5) is 11.3. The minimum Gasteiger partial charge on any atom is -0.353 e. The van der Waals surface area contributed by atoms with E-state index in [-0.39, 0.29) is 0 Å². The zero-order valence-corrected chi connectivity index (χ0v) is 11.8. The van der Waals surface area contributed by atoms with E-state index < -0.39 is 0 Å². The molecule has 0 saturated carbocycles. The Morgan fingerprint density at radius 2 is 2.00 bits per heavy atom. The number of nitrogens with zero attached hydrogens (tertiary/aromatic N) is 3. The Morgan fingerprint density at radius 1 is 1.16 bits per heavy atom. The lowest BCUT2D eigenvalue weighted by molar-refractivity contribution is 0.300. The predicted octanol–water partition coefficient (Wildman–Crippen LogP) is 2.77. The lowest BCUT2D eigenvalue weighted by atomic mass is 10.2. The van der Waals surface area contributed by atoms with Crippen LogP contribution in [0.15, 0.2) is 30.5 Å². The van der Waals surface area contributed by atoms with Crippen LogP contribution in [0.4, 0.5) is 5.95 Å². The smallest absolute Gasteiger partial charge is 0.223 e. The molecule has 102 valence electrons. The summed E-state index contributed by atoms with van der Waals surface area (Å²) in [6, 6.07) is 8.04. The van der Waals surface area contributed by atoms with Gasteiger partial charge in [0.05, 0.1) is 5.52 Å². The largest absolute Gasteiger partial charge is 0.353 e. The number of nitrogens with one attached hydrogen (secondary N) is 1. The molecule has 4 heteroatoms. The second kappa shape index (κ2) is 7.04. The highest BCUT2D eigenvalue weighted by atomic mass is 15.2. The van der Waals surface area contributed by atoms with E-state index in [9.17, 15) is 0 Å². The van der Waals surface area contributed by atoms with Gasteiger partial charge in [-0.05, 0) is 25.6 Å². The van der Waals surface area contributed by atoms with Gasteiger partial charge >= 0.3 is 0 Å². The molecule has 1 heterocycles. The van der Waals surface area contributed by atoms with Gasteiger partial charge in [0, 0.05) is 24.7 Å². The lowest BCUT2D eigenvalue weighted by Crippen LogP contribution is -2.29. The predicted molar refractivity (Wildman–Crippen MR) is 80.4 cm³/mol.